The summed E-state index contributed by atoms with van der Waals surface area (Å²) in [5, 5.41) is 0.340. The van der Waals surface area contributed by atoms with E-state index in [4.69, 9.17) is 9.47 Å². The van der Waals surface area contributed by atoms with Crippen LogP contribution in [0.5, 0.6) is 0 Å². The first-order valence-corrected chi connectivity index (χ1v) is 8.98. The lowest BCUT2D eigenvalue weighted by Crippen LogP contribution is -2.25. The first-order chi connectivity index (χ1) is 11.8. The summed E-state index contributed by atoms with van der Waals surface area (Å²) < 4.78 is 11.4. The minimum atomic E-state index is -0.491. The molecule has 0 saturated carbocycles. The highest BCUT2D eigenvalue weighted by Crippen LogP contribution is 2.27. The highest BCUT2D eigenvalue weighted by atomic mass is 32.1. The number of esters is 2. The van der Waals surface area contributed by atoms with Crippen LogP contribution in [-0.4, -0.2) is 34.7 Å². The quantitative estimate of drug-likeness (QED) is 0.700. The van der Waals surface area contributed by atoms with Crippen molar-refractivity contribution in [2.45, 2.75) is 40.7 Å². The predicted molar refractivity (Wildman–Crippen MR) is 95.0 cm³/mol. The second kappa shape index (κ2) is 8.24. The van der Waals surface area contributed by atoms with Crippen molar-refractivity contribution in [3.63, 3.8) is 0 Å². The van der Waals surface area contributed by atoms with Crippen molar-refractivity contribution in [1.82, 2.24) is 9.55 Å². The van der Waals surface area contributed by atoms with Gasteiger partial charge in [0, 0.05) is 0 Å². The van der Waals surface area contributed by atoms with Crippen LogP contribution in [0.2, 0.25) is 0 Å². The molecule has 0 radical (unpaired) electrons. The van der Waals surface area contributed by atoms with Crippen LogP contribution in [0.3, 0.4) is 0 Å². The maximum atomic E-state index is 12.6. The number of nitrogens with zero attached hydrogens (tertiary/aromatic N) is 2. The Labute approximate surface area is 149 Å². The summed E-state index contributed by atoms with van der Waals surface area (Å²) in [6.07, 6.45) is 2.01. The fraction of sp³-hybridized carbons (Fsp3) is 0.529. The van der Waals surface area contributed by atoms with E-state index in [9.17, 15) is 14.4 Å². The highest BCUT2D eigenvalue weighted by Gasteiger charge is 2.21. The number of hydrogen-bond donors (Lipinski definition) is 0. The van der Waals surface area contributed by atoms with Crippen molar-refractivity contribution in [1.29, 1.82) is 0 Å². The van der Waals surface area contributed by atoms with Gasteiger partial charge in [-0.15, -0.1) is 11.3 Å². The van der Waals surface area contributed by atoms with Gasteiger partial charge in [-0.25, -0.2) is 9.78 Å². The third kappa shape index (κ3) is 4.45. The third-order valence-corrected chi connectivity index (χ3v) is 4.60. The van der Waals surface area contributed by atoms with Crippen LogP contribution in [0.1, 0.15) is 42.4 Å². The fourth-order valence-electron chi connectivity index (χ4n) is 2.18. The number of fused-ring (bicyclic) bond motifs is 1. The average Bonchev–Trinajstić information content (AvgIpc) is 2.91. The lowest BCUT2D eigenvalue weighted by Gasteiger charge is -2.06. The van der Waals surface area contributed by atoms with Crippen LogP contribution in [0.15, 0.2) is 11.1 Å². The van der Waals surface area contributed by atoms with Gasteiger partial charge in [-0.1, -0.05) is 20.8 Å². The van der Waals surface area contributed by atoms with Crippen molar-refractivity contribution in [2.75, 3.05) is 13.2 Å². The van der Waals surface area contributed by atoms with E-state index in [1.54, 1.807) is 6.92 Å². The van der Waals surface area contributed by atoms with Crippen LogP contribution in [0.4, 0.5) is 0 Å². The van der Waals surface area contributed by atoms with Crippen molar-refractivity contribution in [3.8, 4) is 0 Å². The first kappa shape index (κ1) is 19.1. The third-order valence-electron chi connectivity index (χ3n) is 3.42. The Morgan fingerprint density at radius 1 is 1.32 bits per heavy atom. The van der Waals surface area contributed by atoms with E-state index in [1.807, 2.05) is 20.8 Å². The normalized spacial score (nSPS) is 11.1. The molecule has 7 nitrogen and oxygen atoms in total. The molecule has 0 aliphatic heterocycles. The second-order valence-electron chi connectivity index (χ2n) is 6.13. The molecule has 0 unspecified atom stereocenters. The number of aromatic nitrogens is 2. The summed E-state index contributed by atoms with van der Waals surface area (Å²) in [6, 6.07) is 0. The van der Waals surface area contributed by atoms with Gasteiger partial charge in [-0.3, -0.25) is 14.2 Å². The van der Waals surface area contributed by atoms with Crippen molar-refractivity contribution >= 4 is 33.5 Å². The van der Waals surface area contributed by atoms with Crippen LogP contribution >= 0.6 is 11.3 Å². The van der Waals surface area contributed by atoms with E-state index < -0.39 is 11.9 Å². The zero-order valence-corrected chi connectivity index (χ0v) is 15.6. The summed E-state index contributed by atoms with van der Waals surface area (Å²) in [7, 11) is 0. The Balaban J connectivity index is 2.31. The monoisotopic (exact) mass is 366 g/mol. The van der Waals surface area contributed by atoms with Gasteiger partial charge in [0.15, 0.2) is 0 Å². The lowest BCUT2D eigenvalue weighted by molar-refractivity contribution is -0.144. The molecule has 2 aromatic rings. The van der Waals surface area contributed by atoms with Gasteiger partial charge in [0.05, 0.1) is 24.9 Å². The number of carbonyl (C=O) groups excluding carboxylic acids is 2. The maximum absolute atomic E-state index is 12.6. The van der Waals surface area contributed by atoms with Gasteiger partial charge >= 0.3 is 11.9 Å². The molecule has 0 saturated heterocycles. The summed E-state index contributed by atoms with van der Waals surface area (Å²) >= 11 is 1.12. The molecular weight excluding hydrogens is 344 g/mol. The number of aryl methyl sites for hydroxylation is 1. The van der Waals surface area contributed by atoms with Gasteiger partial charge in [-0.2, -0.15) is 0 Å². The van der Waals surface area contributed by atoms with Gasteiger partial charge < -0.3 is 9.47 Å². The lowest BCUT2D eigenvalue weighted by atomic mass is 10.2. The Hall–Kier alpha value is -2.22. The van der Waals surface area contributed by atoms with Crippen molar-refractivity contribution < 1.29 is 19.1 Å². The SMILES string of the molecule is CCCOC(=O)Cn1cnc2sc(C(=O)OCC(C)C)c(C)c2c1=O. The molecule has 2 aromatic heterocycles. The van der Waals surface area contributed by atoms with Crippen LogP contribution < -0.4 is 5.56 Å². The van der Waals surface area contributed by atoms with Crippen molar-refractivity contribution in [2.24, 2.45) is 5.92 Å². The zero-order chi connectivity index (χ0) is 18.6. The van der Waals surface area contributed by atoms with Gasteiger partial charge in [0.2, 0.25) is 0 Å². The van der Waals surface area contributed by atoms with Crippen molar-refractivity contribution in [3.05, 3.63) is 27.1 Å². The number of rotatable bonds is 7. The van der Waals surface area contributed by atoms with E-state index >= 15 is 0 Å². The summed E-state index contributed by atoms with van der Waals surface area (Å²) in [5.41, 5.74) is 0.164. The molecule has 0 bridgehead atoms. The van der Waals surface area contributed by atoms with E-state index in [2.05, 4.69) is 4.98 Å². The number of carbonyl (C=O) groups is 2. The second-order valence-corrected chi connectivity index (χ2v) is 7.13. The summed E-state index contributed by atoms with van der Waals surface area (Å²) in [5.74, 6) is -0.722. The maximum Gasteiger partial charge on any atom is 0.348 e. The average molecular weight is 366 g/mol. The largest absolute Gasteiger partial charge is 0.464 e. The number of hydrogen-bond acceptors (Lipinski definition) is 7. The highest BCUT2D eigenvalue weighted by molar-refractivity contribution is 7.20. The minimum Gasteiger partial charge on any atom is -0.464 e. The molecule has 0 atom stereocenters. The molecule has 8 heteroatoms. The van der Waals surface area contributed by atoms with Gasteiger partial charge in [0.25, 0.3) is 5.56 Å². The molecule has 2 heterocycles. The molecule has 0 aromatic carbocycles. The van der Waals surface area contributed by atoms with Crippen LogP contribution in [0, 0.1) is 12.8 Å². The Bertz CT molecular complexity index is 837. The molecule has 0 aliphatic carbocycles. The van der Waals surface area contributed by atoms with Gasteiger partial charge in [0.1, 0.15) is 16.3 Å². The van der Waals surface area contributed by atoms with E-state index in [0.29, 0.717) is 40.3 Å². The number of ether oxygens (including phenoxy) is 2. The van der Waals surface area contributed by atoms with E-state index in [-0.39, 0.29) is 18.0 Å². The molecule has 0 amide bonds. The topological polar surface area (TPSA) is 87.5 Å². The molecule has 0 N–H and O–H groups in total. The standard InChI is InChI=1S/C17H22N2O5S/c1-5-6-23-12(20)7-19-9-18-15-13(16(19)21)11(4)14(25-15)17(22)24-8-10(2)3/h9-10H,5-8H2,1-4H3. The Kier molecular flexibility index (Phi) is 6.30. The smallest absolute Gasteiger partial charge is 0.348 e. The Morgan fingerprint density at radius 2 is 2.04 bits per heavy atom. The van der Waals surface area contributed by atoms with Crippen LogP contribution in [0.25, 0.3) is 10.2 Å². The first-order valence-electron chi connectivity index (χ1n) is 8.16. The van der Waals surface area contributed by atoms with Crippen LogP contribution in [-0.2, 0) is 20.8 Å². The molecule has 0 spiro atoms. The Morgan fingerprint density at radius 3 is 2.68 bits per heavy atom. The van der Waals surface area contributed by atoms with E-state index in [0.717, 1.165) is 11.3 Å². The summed E-state index contributed by atoms with van der Waals surface area (Å²) in [4.78, 5) is 41.6. The zero-order valence-electron chi connectivity index (χ0n) is 14.8. The predicted octanol–water partition coefficient (Wildman–Crippen LogP) is 2.53. The molecule has 25 heavy (non-hydrogen) atoms. The minimum absolute atomic E-state index is 0.204. The molecule has 0 aliphatic rings. The molecule has 2 rings (SSSR count). The fourth-order valence-corrected chi connectivity index (χ4v) is 3.21. The van der Waals surface area contributed by atoms with E-state index in [1.165, 1.54) is 10.9 Å². The molecule has 0 fully saturated rings. The number of thiophene rings is 1. The molecular formula is C17H22N2O5S. The summed E-state index contributed by atoms with van der Waals surface area (Å²) in [6.45, 7) is 7.89. The van der Waals surface area contributed by atoms with Gasteiger partial charge in [-0.05, 0) is 24.8 Å². The molecule has 136 valence electrons.